The Bertz CT molecular complexity index is 850. The summed E-state index contributed by atoms with van der Waals surface area (Å²) in [6, 6.07) is 19.2. The van der Waals surface area contributed by atoms with E-state index in [2.05, 4.69) is 5.32 Å². The van der Waals surface area contributed by atoms with Crippen LogP contribution in [-0.2, 0) is 14.4 Å². The molecule has 6 nitrogen and oxygen atoms in total. The van der Waals surface area contributed by atoms with Gasteiger partial charge in [0.15, 0.2) is 0 Å². The zero-order valence-corrected chi connectivity index (χ0v) is 16.6. The van der Waals surface area contributed by atoms with Gasteiger partial charge in [-0.05, 0) is 17.0 Å². The number of hydrogen-bond donors (Lipinski definition) is 2. The number of aliphatic carboxylic acids is 1. The maximum Gasteiger partial charge on any atom is 0.328 e. The third kappa shape index (κ3) is 6.92. The zero-order valence-electron chi connectivity index (χ0n) is 16.6. The highest BCUT2D eigenvalue weighted by molar-refractivity contribution is 5.94. The molecule has 6 heteroatoms. The fraction of sp³-hybridized carbons (Fsp3) is 0.261. The van der Waals surface area contributed by atoms with Crippen molar-refractivity contribution in [2.75, 3.05) is 20.1 Å². The summed E-state index contributed by atoms with van der Waals surface area (Å²) in [5.41, 5.74) is 1.93. The third-order valence-electron chi connectivity index (χ3n) is 4.67. The van der Waals surface area contributed by atoms with Gasteiger partial charge in [0.1, 0.15) is 0 Å². The number of amides is 2. The predicted octanol–water partition coefficient (Wildman–Crippen LogP) is 2.79. The van der Waals surface area contributed by atoms with Crippen LogP contribution in [0.2, 0.25) is 0 Å². The Kier molecular flexibility index (Phi) is 8.15. The lowest BCUT2D eigenvalue weighted by molar-refractivity contribution is -0.132. The van der Waals surface area contributed by atoms with E-state index < -0.39 is 17.8 Å². The summed E-state index contributed by atoms with van der Waals surface area (Å²) in [7, 11) is 1.55. The van der Waals surface area contributed by atoms with Gasteiger partial charge in [0.25, 0.3) is 0 Å². The molecule has 0 spiro atoms. The van der Waals surface area contributed by atoms with Crippen molar-refractivity contribution in [3.8, 4) is 0 Å². The molecule has 2 unspecified atom stereocenters. The Morgan fingerprint density at radius 3 is 2.07 bits per heavy atom. The minimum Gasteiger partial charge on any atom is -0.478 e. The van der Waals surface area contributed by atoms with Gasteiger partial charge in [-0.3, -0.25) is 9.59 Å². The van der Waals surface area contributed by atoms with Crippen LogP contribution in [0.15, 0.2) is 72.8 Å². The minimum absolute atomic E-state index is 0.137. The van der Waals surface area contributed by atoms with Gasteiger partial charge in [-0.1, -0.05) is 67.6 Å². The van der Waals surface area contributed by atoms with E-state index in [1.54, 1.807) is 7.05 Å². The normalized spacial score (nSPS) is 12.9. The maximum atomic E-state index is 12.9. The van der Waals surface area contributed by atoms with Crippen molar-refractivity contribution in [1.29, 1.82) is 0 Å². The van der Waals surface area contributed by atoms with E-state index in [1.807, 2.05) is 67.6 Å². The number of carboxylic acid groups (broad SMARTS) is 1. The number of carboxylic acids is 1. The van der Waals surface area contributed by atoms with Gasteiger partial charge in [-0.2, -0.15) is 0 Å². The Morgan fingerprint density at radius 1 is 0.966 bits per heavy atom. The highest BCUT2D eigenvalue weighted by Crippen LogP contribution is 2.19. The minimum atomic E-state index is -1.20. The van der Waals surface area contributed by atoms with Crippen LogP contribution in [-0.4, -0.2) is 47.9 Å². The molecule has 29 heavy (non-hydrogen) atoms. The highest BCUT2D eigenvalue weighted by atomic mass is 16.4. The molecule has 0 aliphatic heterocycles. The van der Waals surface area contributed by atoms with Crippen molar-refractivity contribution in [3.05, 3.63) is 83.9 Å². The van der Waals surface area contributed by atoms with Crippen molar-refractivity contribution in [1.82, 2.24) is 10.2 Å². The second kappa shape index (κ2) is 10.8. The number of carbonyl (C=O) groups is 3. The molecule has 0 saturated carbocycles. The first-order chi connectivity index (χ1) is 13.9. The van der Waals surface area contributed by atoms with Gasteiger partial charge in [0, 0.05) is 32.3 Å². The summed E-state index contributed by atoms with van der Waals surface area (Å²) >= 11 is 0. The van der Waals surface area contributed by atoms with Gasteiger partial charge < -0.3 is 15.3 Å². The molecule has 0 radical (unpaired) electrons. The molecular weight excluding hydrogens is 368 g/mol. The predicted molar refractivity (Wildman–Crippen MR) is 111 cm³/mol. The first kappa shape index (κ1) is 21.9. The van der Waals surface area contributed by atoms with Gasteiger partial charge >= 0.3 is 5.97 Å². The Balaban J connectivity index is 2.08. The Morgan fingerprint density at radius 2 is 1.52 bits per heavy atom. The summed E-state index contributed by atoms with van der Waals surface area (Å²) in [4.78, 5) is 37.0. The van der Waals surface area contributed by atoms with Crippen LogP contribution < -0.4 is 5.32 Å². The average Bonchev–Trinajstić information content (AvgIpc) is 2.74. The molecule has 0 aliphatic carbocycles. The quantitative estimate of drug-likeness (QED) is 0.641. The van der Waals surface area contributed by atoms with Crippen LogP contribution in [0.25, 0.3) is 0 Å². The molecule has 0 aromatic heterocycles. The lowest BCUT2D eigenvalue weighted by Gasteiger charge is -2.24. The average molecular weight is 394 g/mol. The van der Waals surface area contributed by atoms with E-state index in [0.29, 0.717) is 6.54 Å². The molecule has 2 N–H and O–H groups in total. The van der Waals surface area contributed by atoms with Crippen LogP contribution in [0.5, 0.6) is 0 Å². The first-order valence-electron chi connectivity index (χ1n) is 9.42. The summed E-state index contributed by atoms with van der Waals surface area (Å²) in [5.74, 6) is -2.26. The second-order valence-electron chi connectivity index (χ2n) is 6.91. The summed E-state index contributed by atoms with van der Waals surface area (Å²) in [6.07, 6.45) is 1.78. The molecular formula is C23H26N2O4. The van der Waals surface area contributed by atoms with Crippen molar-refractivity contribution in [3.63, 3.8) is 0 Å². The van der Waals surface area contributed by atoms with E-state index >= 15 is 0 Å². The number of likely N-dealkylation sites (N-methyl/N-ethyl adjacent to an activating group) is 1. The molecule has 0 fully saturated rings. The first-order valence-corrected chi connectivity index (χ1v) is 9.42. The molecule has 152 valence electrons. The molecule has 0 saturated heterocycles. The second-order valence-corrected chi connectivity index (χ2v) is 6.91. The number of nitrogens with one attached hydrogen (secondary N) is 1. The van der Waals surface area contributed by atoms with Gasteiger partial charge in [0.2, 0.25) is 11.8 Å². The molecule has 2 amide bonds. The Labute approximate surface area is 170 Å². The van der Waals surface area contributed by atoms with Crippen molar-refractivity contribution in [2.24, 2.45) is 0 Å². The van der Waals surface area contributed by atoms with Crippen LogP contribution in [0.3, 0.4) is 0 Å². The van der Waals surface area contributed by atoms with Gasteiger partial charge in [-0.25, -0.2) is 4.79 Å². The number of benzene rings is 2. The maximum absolute atomic E-state index is 12.9. The number of nitrogens with zero attached hydrogens (tertiary/aromatic N) is 1. The summed E-state index contributed by atoms with van der Waals surface area (Å²) < 4.78 is 0. The van der Waals surface area contributed by atoms with E-state index in [-0.39, 0.29) is 18.4 Å². The zero-order chi connectivity index (χ0) is 21.2. The fourth-order valence-corrected chi connectivity index (χ4v) is 2.94. The molecule has 0 aliphatic rings. The monoisotopic (exact) mass is 394 g/mol. The number of carbonyl (C=O) groups excluding carboxylic acids is 2. The standard InChI is InChI=1S/C23H26N2O4/c1-17(18-9-5-3-6-10-18)15-24-23(29)20(19-11-7-4-8-12-19)16-25(2)21(26)13-14-22(27)28/h3-14,17,20H,15-16H2,1-2H3,(H,24,29)(H,27,28)/b14-13+. The topological polar surface area (TPSA) is 86.7 Å². The highest BCUT2D eigenvalue weighted by Gasteiger charge is 2.24. The summed E-state index contributed by atoms with van der Waals surface area (Å²) in [5, 5.41) is 11.7. The fourth-order valence-electron chi connectivity index (χ4n) is 2.94. The van der Waals surface area contributed by atoms with E-state index in [4.69, 9.17) is 5.11 Å². The van der Waals surface area contributed by atoms with Crippen LogP contribution in [0, 0.1) is 0 Å². The van der Waals surface area contributed by atoms with Crippen LogP contribution >= 0.6 is 0 Å². The molecule has 2 rings (SSSR count). The molecule has 0 heterocycles. The SMILES string of the molecule is CC(CNC(=O)C(CN(C)C(=O)/C=C/C(=O)O)c1ccccc1)c1ccccc1. The lowest BCUT2D eigenvalue weighted by Crippen LogP contribution is -2.39. The van der Waals surface area contributed by atoms with E-state index in [9.17, 15) is 14.4 Å². The van der Waals surface area contributed by atoms with Crippen molar-refractivity contribution < 1.29 is 19.5 Å². The van der Waals surface area contributed by atoms with Crippen LogP contribution in [0.4, 0.5) is 0 Å². The third-order valence-corrected chi connectivity index (χ3v) is 4.67. The molecule has 2 aromatic rings. The van der Waals surface area contributed by atoms with E-state index in [0.717, 1.165) is 23.3 Å². The number of rotatable bonds is 9. The van der Waals surface area contributed by atoms with Gasteiger partial charge in [-0.15, -0.1) is 0 Å². The lowest BCUT2D eigenvalue weighted by atomic mass is 9.96. The number of hydrogen-bond acceptors (Lipinski definition) is 3. The molecule has 2 atom stereocenters. The summed E-state index contributed by atoms with van der Waals surface area (Å²) in [6.45, 7) is 2.65. The largest absolute Gasteiger partial charge is 0.478 e. The molecule has 2 aromatic carbocycles. The Hall–Kier alpha value is -3.41. The van der Waals surface area contributed by atoms with Gasteiger partial charge in [0.05, 0.1) is 5.92 Å². The van der Waals surface area contributed by atoms with Crippen molar-refractivity contribution >= 4 is 17.8 Å². The van der Waals surface area contributed by atoms with E-state index in [1.165, 1.54) is 4.90 Å². The van der Waals surface area contributed by atoms with Crippen molar-refractivity contribution in [2.45, 2.75) is 18.8 Å². The smallest absolute Gasteiger partial charge is 0.328 e. The van der Waals surface area contributed by atoms with Crippen LogP contribution in [0.1, 0.15) is 29.9 Å². The molecule has 0 bridgehead atoms.